The molecule has 0 radical (unpaired) electrons. The Balaban J connectivity index is 2.19. The quantitative estimate of drug-likeness (QED) is 0.587. The lowest BCUT2D eigenvalue weighted by Gasteiger charge is -2.36. The van der Waals surface area contributed by atoms with Gasteiger partial charge < -0.3 is 33.6 Å². The Hall–Kier alpha value is -2.42. The highest BCUT2D eigenvalue weighted by Crippen LogP contribution is 2.50. The summed E-state index contributed by atoms with van der Waals surface area (Å²) in [6, 6.07) is 5.31. The number of fused-ring (bicyclic) bond motifs is 1. The molecule has 8 heteroatoms. The second-order valence-electron chi connectivity index (χ2n) is 9.06. The Labute approximate surface area is 184 Å². The second kappa shape index (κ2) is 8.61. The summed E-state index contributed by atoms with van der Waals surface area (Å²) in [6.45, 7) is 11.0. The molecule has 170 valence electrons. The molecular weight excluding hydrogens is 416 g/mol. The first-order valence-corrected chi connectivity index (χ1v) is 13.1. The maximum atomic E-state index is 11.2. The van der Waals surface area contributed by atoms with E-state index in [-0.39, 0.29) is 36.5 Å². The van der Waals surface area contributed by atoms with Crippen LogP contribution in [0.4, 0.5) is 0 Å². The number of methoxy groups -OCH3 is 2. The van der Waals surface area contributed by atoms with Crippen molar-refractivity contribution in [2.75, 3.05) is 21.0 Å². The molecule has 0 bridgehead atoms. The topological polar surface area (TPSA) is 86.6 Å². The third-order valence-corrected chi connectivity index (χ3v) is 10.6. The number of phenols is 1. The van der Waals surface area contributed by atoms with Gasteiger partial charge in [-0.1, -0.05) is 20.8 Å². The van der Waals surface area contributed by atoms with E-state index < -0.39 is 8.32 Å². The lowest BCUT2D eigenvalue weighted by molar-refractivity contribution is 0.174. The summed E-state index contributed by atoms with van der Waals surface area (Å²) in [5.41, 5.74) is 2.46. The first-order chi connectivity index (χ1) is 14.5. The molecule has 0 saturated heterocycles. The molecule has 31 heavy (non-hydrogen) atoms. The van der Waals surface area contributed by atoms with Gasteiger partial charge in [0, 0.05) is 5.56 Å². The van der Waals surface area contributed by atoms with Crippen molar-refractivity contribution in [3.8, 4) is 39.9 Å². The van der Waals surface area contributed by atoms with Gasteiger partial charge in [-0.05, 0) is 53.0 Å². The van der Waals surface area contributed by atoms with Crippen molar-refractivity contribution < 1.29 is 33.6 Å². The van der Waals surface area contributed by atoms with Crippen molar-refractivity contribution in [3.63, 3.8) is 0 Å². The lowest BCUT2D eigenvalue weighted by atomic mass is 9.93. The third-order valence-electron chi connectivity index (χ3n) is 6.16. The van der Waals surface area contributed by atoms with E-state index in [4.69, 9.17) is 23.4 Å². The number of aliphatic hydroxyl groups is 1. The molecule has 1 aliphatic heterocycles. The van der Waals surface area contributed by atoms with Crippen LogP contribution < -0.4 is 18.9 Å². The largest absolute Gasteiger partial charge is 0.504 e. The van der Waals surface area contributed by atoms with E-state index in [1.165, 1.54) is 14.2 Å². The molecule has 1 heterocycles. The molecule has 0 fully saturated rings. The highest BCUT2D eigenvalue weighted by Gasteiger charge is 2.37. The monoisotopic (exact) mass is 448 g/mol. The first-order valence-electron chi connectivity index (χ1n) is 10.2. The number of phenolic OH excluding ortho intramolecular Hbond substituents is 1. The third kappa shape index (κ3) is 4.33. The minimum Gasteiger partial charge on any atom is -0.504 e. The van der Waals surface area contributed by atoms with Crippen molar-refractivity contribution in [2.24, 2.45) is 0 Å². The molecule has 2 N–H and O–H groups in total. The predicted molar refractivity (Wildman–Crippen MR) is 121 cm³/mol. The van der Waals surface area contributed by atoms with Gasteiger partial charge in [-0.15, -0.1) is 0 Å². The number of benzene rings is 2. The van der Waals surface area contributed by atoms with E-state index in [2.05, 4.69) is 33.9 Å². The van der Waals surface area contributed by atoms with Gasteiger partial charge in [0.25, 0.3) is 0 Å². The Morgan fingerprint density at radius 2 is 1.65 bits per heavy atom. The normalized spacial score (nSPS) is 13.4. The van der Waals surface area contributed by atoms with E-state index in [9.17, 15) is 10.2 Å². The summed E-state index contributed by atoms with van der Waals surface area (Å²) in [6.07, 6.45) is 0. The van der Waals surface area contributed by atoms with E-state index in [1.54, 1.807) is 12.1 Å². The fourth-order valence-corrected chi connectivity index (χ4v) is 4.21. The maximum Gasteiger partial charge on any atom is 0.231 e. The van der Waals surface area contributed by atoms with Crippen LogP contribution in [0.1, 0.15) is 31.9 Å². The van der Waals surface area contributed by atoms with Gasteiger partial charge in [-0.25, -0.2) is 0 Å². The average Bonchev–Trinajstić information content (AvgIpc) is 3.17. The molecule has 3 rings (SSSR count). The summed E-state index contributed by atoms with van der Waals surface area (Å²) < 4.78 is 28.3. The molecule has 1 aliphatic rings. The highest BCUT2D eigenvalue weighted by atomic mass is 28.4. The van der Waals surface area contributed by atoms with Crippen LogP contribution in [0.2, 0.25) is 18.1 Å². The van der Waals surface area contributed by atoms with Gasteiger partial charge in [0.1, 0.15) is 0 Å². The lowest BCUT2D eigenvalue weighted by Crippen LogP contribution is -2.40. The zero-order valence-corrected chi connectivity index (χ0v) is 20.3. The van der Waals surface area contributed by atoms with E-state index in [0.29, 0.717) is 33.9 Å². The van der Waals surface area contributed by atoms with Crippen LogP contribution in [0, 0.1) is 0 Å². The van der Waals surface area contributed by atoms with E-state index in [0.717, 1.165) is 5.56 Å². The Bertz CT molecular complexity index is 964. The van der Waals surface area contributed by atoms with E-state index in [1.807, 2.05) is 6.07 Å². The summed E-state index contributed by atoms with van der Waals surface area (Å²) in [7, 11) is 0.930. The molecule has 0 unspecified atom stereocenters. The molecular formula is C23H32O7Si. The summed E-state index contributed by atoms with van der Waals surface area (Å²) in [5.74, 6) is 1.66. The van der Waals surface area contributed by atoms with Crippen molar-refractivity contribution in [2.45, 2.75) is 52.1 Å². The van der Waals surface area contributed by atoms with Crippen LogP contribution in [-0.2, 0) is 17.6 Å². The fourth-order valence-electron chi connectivity index (χ4n) is 3.26. The first kappa shape index (κ1) is 23.2. The summed E-state index contributed by atoms with van der Waals surface area (Å²) >= 11 is 0. The van der Waals surface area contributed by atoms with Crippen LogP contribution >= 0.6 is 0 Å². The van der Waals surface area contributed by atoms with Crippen LogP contribution in [0.15, 0.2) is 18.2 Å². The van der Waals surface area contributed by atoms with Crippen LogP contribution in [0.5, 0.6) is 28.7 Å². The van der Waals surface area contributed by atoms with Gasteiger partial charge in [0.15, 0.2) is 31.3 Å². The smallest absolute Gasteiger partial charge is 0.231 e. The van der Waals surface area contributed by atoms with Crippen LogP contribution in [0.25, 0.3) is 11.1 Å². The van der Waals surface area contributed by atoms with Gasteiger partial charge in [-0.2, -0.15) is 0 Å². The Morgan fingerprint density at radius 1 is 1.00 bits per heavy atom. The minimum atomic E-state index is -2.06. The number of aliphatic hydroxyl groups excluding tert-OH is 1. The van der Waals surface area contributed by atoms with E-state index >= 15 is 0 Å². The second-order valence-corrected chi connectivity index (χ2v) is 13.9. The van der Waals surface area contributed by atoms with Crippen molar-refractivity contribution in [3.05, 3.63) is 29.3 Å². The zero-order valence-electron chi connectivity index (χ0n) is 19.3. The predicted octanol–water partition coefficient (Wildman–Crippen LogP) is 4.82. The molecule has 0 saturated carbocycles. The van der Waals surface area contributed by atoms with Gasteiger partial charge in [-0.3, -0.25) is 0 Å². The summed E-state index contributed by atoms with van der Waals surface area (Å²) in [4.78, 5) is 0. The standard InChI is InChI=1S/C23H32O7Si/c1-23(2,3)31(6,7)30-12-15-9-19(26-4)22(27-5)21(25)20(15)16-10-18-17(28-13-29-18)8-14(16)11-24/h8-10,24-25H,11-13H2,1-7H3. The molecule has 0 amide bonds. The highest BCUT2D eigenvalue weighted by molar-refractivity contribution is 6.74. The van der Waals surface area contributed by atoms with Crippen molar-refractivity contribution in [1.82, 2.24) is 0 Å². The molecule has 7 nitrogen and oxygen atoms in total. The maximum absolute atomic E-state index is 11.2. The number of rotatable bonds is 7. The fraction of sp³-hybridized carbons (Fsp3) is 0.478. The Morgan fingerprint density at radius 3 is 2.19 bits per heavy atom. The van der Waals surface area contributed by atoms with Crippen LogP contribution in [0.3, 0.4) is 0 Å². The number of ether oxygens (including phenoxy) is 4. The summed E-state index contributed by atoms with van der Waals surface area (Å²) in [5, 5.41) is 21.2. The molecule has 0 aromatic heterocycles. The molecule has 0 spiro atoms. The average molecular weight is 449 g/mol. The van der Waals surface area contributed by atoms with Gasteiger partial charge in [0.2, 0.25) is 12.5 Å². The minimum absolute atomic E-state index is 0.0285. The SMILES string of the molecule is COc1cc(CO[Si](C)(C)C(C)(C)C)c(-c2cc3c(cc2CO)OCO3)c(O)c1OC. The molecule has 2 aromatic rings. The molecule has 0 atom stereocenters. The Kier molecular flexibility index (Phi) is 6.45. The van der Waals surface area contributed by atoms with Crippen molar-refractivity contribution >= 4 is 8.32 Å². The zero-order chi connectivity index (χ0) is 23.0. The molecule has 2 aromatic carbocycles. The number of aromatic hydroxyl groups is 1. The van der Waals surface area contributed by atoms with Gasteiger partial charge in [0.05, 0.1) is 27.4 Å². The van der Waals surface area contributed by atoms with Crippen LogP contribution in [-0.4, -0.2) is 39.5 Å². The molecule has 0 aliphatic carbocycles. The number of hydrogen-bond donors (Lipinski definition) is 2. The van der Waals surface area contributed by atoms with Crippen molar-refractivity contribution in [1.29, 1.82) is 0 Å². The van der Waals surface area contributed by atoms with Gasteiger partial charge >= 0.3 is 0 Å². The number of hydrogen-bond acceptors (Lipinski definition) is 7.